The molecule has 0 N–H and O–H groups in total. The maximum atomic E-state index is 13.1. The second-order valence-electron chi connectivity index (χ2n) is 9.05. The Kier molecular flexibility index (Phi) is 18.1. The van der Waals surface area contributed by atoms with Gasteiger partial charge in [0.2, 0.25) is 0 Å². The molecule has 2 heteroatoms. The highest BCUT2D eigenvalue weighted by molar-refractivity contribution is 5.72. The van der Waals surface area contributed by atoms with Crippen LogP contribution in [-0.4, -0.2) is 12.6 Å². The Hall–Kier alpha value is -0.530. The lowest BCUT2D eigenvalue weighted by atomic mass is 9.81. The molecule has 0 rings (SSSR count). The van der Waals surface area contributed by atoms with E-state index < -0.39 is 0 Å². The molecule has 0 aliphatic rings. The van der Waals surface area contributed by atoms with Crippen LogP contribution in [0, 0.1) is 23.7 Å². The average molecular weight is 397 g/mol. The number of esters is 1. The lowest BCUT2D eigenvalue weighted by molar-refractivity contribution is -0.151. The van der Waals surface area contributed by atoms with E-state index in [0.717, 1.165) is 19.3 Å². The van der Waals surface area contributed by atoms with Crippen LogP contribution in [0.25, 0.3) is 0 Å². The number of rotatable bonds is 19. The van der Waals surface area contributed by atoms with Gasteiger partial charge in [0.25, 0.3) is 0 Å². The first-order valence-electron chi connectivity index (χ1n) is 12.7. The van der Waals surface area contributed by atoms with Crippen molar-refractivity contribution in [3.8, 4) is 0 Å². The molecule has 3 unspecified atom stereocenters. The Balaban J connectivity index is 4.93. The van der Waals surface area contributed by atoms with Gasteiger partial charge in [-0.15, -0.1) is 0 Å². The molecule has 28 heavy (non-hydrogen) atoms. The predicted molar refractivity (Wildman–Crippen MR) is 124 cm³/mol. The normalized spacial score (nSPS) is 15.8. The van der Waals surface area contributed by atoms with Crippen molar-refractivity contribution >= 4 is 5.97 Å². The molecule has 0 heterocycles. The molecule has 3 atom stereocenters. The fourth-order valence-corrected chi connectivity index (χ4v) is 4.27. The molecule has 0 saturated carbocycles. The summed E-state index contributed by atoms with van der Waals surface area (Å²) in [6.07, 6.45) is 16.8. The lowest BCUT2D eigenvalue weighted by Gasteiger charge is -2.26. The highest BCUT2D eigenvalue weighted by Gasteiger charge is 2.27. The zero-order valence-electron chi connectivity index (χ0n) is 20.2. The molecule has 0 spiro atoms. The van der Waals surface area contributed by atoms with E-state index in [1.54, 1.807) is 0 Å². The molecule has 0 amide bonds. The molecule has 0 aliphatic heterocycles. The van der Waals surface area contributed by atoms with Gasteiger partial charge in [0, 0.05) is 0 Å². The summed E-state index contributed by atoms with van der Waals surface area (Å²) >= 11 is 0. The summed E-state index contributed by atoms with van der Waals surface area (Å²) in [7, 11) is 0. The molecule has 0 aromatic heterocycles. The molecule has 0 aromatic carbocycles. The monoisotopic (exact) mass is 396 g/mol. The molecule has 0 bridgehead atoms. The van der Waals surface area contributed by atoms with E-state index in [2.05, 4.69) is 41.5 Å². The summed E-state index contributed by atoms with van der Waals surface area (Å²) < 4.78 is 5.92. The van der Waals surface area contributed by atoms with E-state index in [1.807, 2.05) is 0 Å². The Labute approximate surface area is 177 Å². The van der Waals surface area contributed by atoms with Crippen LogP contribution in [0.3, 0.4) is 0 Å². The van der Waals surface area contributed by atoms with Crippen molar-refractivity contribution in [3.63, 3.8) is 0 Å². The number of unbranched alkanes of at least 4 members (excludes halogenated alkanes) is 3. The molecule has 168 valence electrons. The van der Waals surface area contributed by atoms with E-state index in [1.165, 1.54) is 70.6 Å². The van der Waals surface area contributed by atoms with Crippen molar-refractivity contribution in [1.82, 2.24) is 0 Å². The third-order valence-electron chi connectivity index (χ3n) is 6.66. The van der Waals surface area contributed by atoms with Crippen molar-refractivity contribution in [2.24, 2.45) is 23.7 Å². The smallest absolute Gasteiger partial charge is 0.308 e. The standard InChI is InChI=1S/C26H52O2/c1-7-13-16-22(10-4)19-25(20-23(11-5)17-14-8-2)26(27)28-21-24(12-6)18-15-9-3/h22-25H,7-21H2,1-6H3. The molecule has 0 saturated heterocycles. The molecule has 0 fully saturated rings. The van der Waals surface area contributed by atoms with Crippen LogP contribution in [0.5, 0.6) is 0 Å². The number of ether oxygens (including phenoxy) is 1. The largest absolute Gasteiger partial charge is 0.465 e. The fourth-order valence-electron chi connectivity index (χ4n) is 4.27. The highest BCUT2D eigenvalue weighted by Crippen LogP contribution is 2.30. The number of hydrogen-bond acceptors (Lipinski definition) is 2. The molecule has 0 radical (unpaired) electrons. The second-order valence-corrected chi connectivity index (χ2v) is 9.05. The minimum Gasteiger partial charge on any atom is -0.465 e. The quantitative estimate of drug-likeness (QED) is 0.204. The van der Waals surface area contributed by atoms with Crippen LogP contribution in [0.4, 0.5) is 0 Å². The van der Waals surface area contributed by atoms with Crippen molar-refractivity contribution in [2.75, 3.05) is 6.61 Å². The van der Waals surface area contributed by atoms with Gasteiger partial charge in [-0.25, -0.2) is 0 Å². The van der Waals surface area contributed by atoms with Crippen LogP contribution >= 0.6 is 0 Å². The van der Waals surface area contributed by atoms with Crippen LogP contribution in [-0.2, 0) is 9.53 Å². The maximum Gasteiger partial charge on any atom is 0.308 e. The zero-order valence-corrected chi connectivity index (χ0v) is 20.2. The number of carbonyl (C=O) groups is 1. The van der Waals surface area contributed by atoms with Gasteiger partial charge >= 0.3 is 5.97 Å². The van der Waals surface area contributed by atoms with Gasteiger partial charge in [-0.1, -0.05) is 112 Å². The van der Waals surface area contributed by atoms with Crippen LogP contribution in [0.2, 0.25) is 0 Å². The van der Waals surface area contributed by atoms with Crippen LogP contribution < -0.4 is 0 Å². The summed E-state index contributed by atoms with van der Waals surface area (Å²) in [4.78, 5) is 13.1. The SMILES string of the molecule is CCCCC(CC)COC(=O)C(CC(CC)CCCC)CC(CC)CCCC. The van der Waals surface area contributed by atoms with Crippen molar-refractivity contribution in [1.29, 1.82) is 0 Å². The Morgan fingerprint density at radius 1 is 0.643 bits per heavy atom. The molecular weight excluding hydrogens is 344 g/mol. The molecule has 0 aromatic rings. The van der Waals surface area contributed by atoms with Gasteiger partial charge in [-0.05, 0) is 37.0 Å². The van der Waals surface area contributed by atoms with Crippen LogP contribution in [0.1, 0.15) is 131 Å². The Bertz CT molecular complexity index is 334. The first-order valence-corrected chi connectivity index (χ1v) is 12.7. The van der Waals surface area contributed by atoms with Gasteiger partial charge in [0.1, 0.15) is 0 Å². The van der Waals surface area contributed by atoms with Gasteiger partial charge in [0.05, 0.1) is 12.5 Å². The van der Waals surface area contributed by atoms with Gasteiger partial charge in [-0.2, -0.15) is 0 Å². The third kappa shape index (κ3) is 12.8. The number of carbonyl (C=O) groups excluding carboxylic acids is 1. The van der Waals surface area contributed by atoms with E-state index in [4.69, 9.17) is 4.74 Å². The van der Waals surface area contributed by atoms with E-state index in [-0.39, 0.29) is 11.9 Å². The zero-order chi connectivity index (χ0) is 21.2. The molecular formula is C26H52O2. The first-order chi connectivity index (χ1) is 13.6. The van der Waals surface area contributed by atoms with Gasteiger partial charge in [0.15, 0.2) is 0 Å². The topological polar surface area (TPSA) is 26.3 Å². The minimum atomic E-state index is 0.0971. The summed E-state index contributed by atoms with van der Waals surface area (Å²) in [6, 6.07) is 0. The third-order valence-corrected chi connectivity index (χ3v) is 6.66. The second kappa shape index (κ2) is 18.5. The highest BCUT2D eigenvalue weighted by atomic mass is 16.5. The minimum absolute atomic E-state index is 0.0971. The maximum absolute atomic E-state index is 13.1. The lowest BCUT2D eigenvalue weighted by Crippen LogP contribution is -2.25. The summed E-state index contributed by atoms with van der Waals surface area (Å²) in [6.45, 7) is 14.2. The summed E-state index contributed by atoms with van der Waals surface area (Å²) in [5.74, 6) is 2.08. The molecule has 0 aliphatic carbocycles. The van der Waals surface area contributed by atoms with Crippen LogP contribution in [0.15, 0.2) is 0 Å². The first kappa shape index (κ1) is 27.5. The van der Waals surface area contributed by atoms with Gasteiger partial charge < -0.3 is 4.74 Å². The Morgan fingerprint density at radius 2 is 1.04 bits per heavy atom. The van der Waals surface area contributed by atoms with Crippen molar-refractivity contribution < 1.29 is 9.53 Å². The van der Waals surface area contributed by atoms with Crippen molar-refractivity contribution in [2.45, 2.75) is 131 Å². The van der Waals surface area contributed by atoms with Crippen molar-refractivity contribution in [3.05, 3.63) is 0 Å². The fraction of sp³-hybridized carbons (Fsp3) is 0.962. The van der Waals surface area contributed by atoms with E-state index in [9.17, 15) is 4.79 Å². The molecule has 2 nitrogen and oxygen atoms in total. The van der Waals surface area contributed by atoms with E-state index in [0.29, 0.717) is 24.4 Å². The van der Waals surface area contributed by atoms with E-state index >= 15 is 0 Å². The number of hydrogen-bond donors (Lipinski definition) is 0. The summed E-state index contributed by atoms with van der Waals surface area (Å²) in [5.41, 5.74) is 0. The van der Waals surface area contributed by atoms with Gasteiger partial charge in [-0.3, -0.25) is 4.79 Å². The predicted octanol–water partition coefficient (Wildman–Crippen LogP) is 8.58. The Morgan fingerprint density at radius 3 is 1.39 bits per heavy atom. The summed E-state index contributed by atoms with van der Waals surface area (Å²) in [5, 5.41) is 0. The average Bonchev–Trinajstić information content (AvgIpc) is 2.72.